The van der Waals surface area contributed by atoms with Crippen LogP contribution < -0.4 is 20.2 Å². The number of anilines is 1. The number of amides is 2. The summed E-state index contributed by atoms with van der Waals surface area (Å²) in [7, 11) is 1.47. The van der Waals surface area contributed by atoms with E-state index >= 15 is 0 Å². The van der Waals surface area contributed by atoms with Crippen LogP contribution in [0.5, 0.6) is 11.5 Å². The molecule has 3 aromatic rings. The van der Waals surface area contributed by atoms with E-state index < -0.39 is 17.6 Å². The van der Waals surface area contributed by atoms with Crippen LogP contribution in [0.1, 0.15) is 11.1 Å². The van der Waals surface area contributed by atoms with Crippen molar-refractivity contribution in [2.24, 2.45) is 5.10 Å². The summed E-state index contributed by atoms with van der Waals surface area (Å²) in [6.45, 7) is 0.225. The third-order valence-corrected chi connectivity index (χ3v) is 4.18. The standard InChI is InChI=1S/C23H19F2N3O4/c1-31-21-12-16(4-11-20(21)32-14-15-2-5-17(24)6-3-15)13-26-28-23(30)22(29)27-19-9-7-18(25)8-10-19/h2-13H,14H2,1H3,(H,27,29)(H,28,30). The lowest BCUT2D eigenvalue weighted by Crippen LogP contribution is -2.32. The number of carbonyl (C=O) groups excluding carboxylic acids is 2. The predicted octanol–water partition coefficient (Wildman–Crippen LogP) is 3.64. The monoisotopic (exact) mass is 439 g/mol. The molecule has 2 amide bonds. The Kier molecular flexibility index (Phi) is 7.47. The molecule has 0 unspecified atom stereocenters. The van der Waals surface area contributed by atoms with Crippen molar-refractivity contribution in [3.05, 3.63) is 89.5 Å². The zero-order valence-electron chi connectivity index (χ0n) is 17.0. The average Bonchev–Trinajstić information content (AvgIpc) is 2.80. The van der Waals surface area contributed by atoms with Gasteiger partial charge in [0.15, 0.2) is 11.5 Å². The van der Waals surface area contributed by atoms with Crippen LogP contribution in [0, 0.1) is 11.6 Å². The minimum atomic E-state index is -0.989. The van der Waals surface area contributed by atoms with E-state index in [4.69, 9.17) is 9.47 Å². The van der Waals surface area contributed by atoms with E-state index in [0.29, 0.717) is 17.1 Å². The fourth-order valence-corrected chi connectivity index (χ4v) is 2.56. The zero-order valence-corrected chi connectivity index (χ0v) is 17.0. The van der Waals surface area contributed by atoms with E-state index in [1.807, 2.05) is 0 Å². The number of methoxy groups -OCH3 is 1. The average molecular weight is 439 g/mol. The number of halogens is 2. The van der Waals surface area contributed by atoms with Gasteiger partial charge >= 0.3 is 11.8 Å². The summed E-state index contributed by atoms with van der Waals surface area (Å²) in [4.78, 5) is 23.7. The highest BCUT2D eigenvalue weighted by atomic mass is 19.1. The number of ether oxygens (including phenoxy) is 2. The summed E-state index contributed by atoms with van der Waals surface area (Å²) in [6.07, 6.45) is 1.33. The number of hydrazone groups is 1. The summed E-state index contributed by atoms with van der Waals surface area (Å²) in [6, 6.07) is 15.9. The number of benzene rings is 3. The molecule has 0 atom stereocenters. The van der Waals surface area contributed by atoms with Gasteiger partial charge in [0.05, 0.1) is 13.3 Å². The lowest BCUT2D eigenvalue weighted by molar-refractivity contribution is -0.136. The van der Waals surface area contributed by atoms with Crippen LogP contribution in [-0.4, -0.2) is 25.1 Å². The summed E-state index contributed by atoms with van der Waals surface area (Å²) in [5.74, 6) is -1.82. The van der Waals surface area contributed by atoms with Gasteiger partial charge in [-0.3, -0.25) is 9.59 Å². The first-order valence-electron chi connectivity index (χ1n) is 9.40. The summed E-state index contributed by atoms with van der Waals surface area (Å²) in [5.41, 5.74) is 3.75. The van der Waals surface area contributed by atoms with Gasteiger partial charge in [0, 0.05) is 5.69 Å². The maximum atomic E-state index is 13.0. The van der Waals surface area contributed by atoms with E-state index in [9.17, 15) is 18.4 Å². The Hall–Kier alpha value is -4.27. The SMILES string of the molecule is COc1cc(C=NNC(=O)C(=O)Nc2ccc(F)cc2)ccc1OCc1ccc(F)cc1. The Morgan fingerprint density at radius 1 is 0.906 bits per heavy atom. The van der Waals surface area contributed by atoms with E-state index in [-0.39, 0.29) is 18.1 Å². The number of rotatable bonds is 7. The lowest BCUT2D eigenvalue weighted by atomic mass is 10.2. The van der Waals surface area contributed by atoms with Crippen LogP contribution in [0.4, 0.5) is 14.5 Å². The Bertz CT molecular complexity index is 1120. The Labute approximate surface area is 182 Å². The molecule has 2 N–H and O–H groups in total. The molecular weight excluding hydrogens is 420 g/mol. The molecule has 32 heavy (non-hydrogen) atoms. The van der Waals surface area contributed by atoms with Crippen molar-refractivity contribution in [1.82, 2.24) is 5.43 Å². The van der Waals surface area contributed by atoms with E-state index in [1.54, 1.807) is 30.3 Å². The van der Waals surface area contributed by atoms with E-state index in [2.05, 4.69) is 15.8 Å². The highest BCUT2D eigenvalue weighted by molar-refractivity contribution is 6.39. The molecule has 0 radical (unpaired) electrons. The molecule has 3 aromatic carbocycles. The van der Waals surface area contributed by atoms with Gasteiger partial charge in [-0.25, -0.2) is 14.2 Å². The van der Waals surface area contributed by atoms with Gasteiger partial charge in [-0.05, 0) is 65.7 Å². The lowest BCUT2D eigenvalue weighted by Gasteiger charge is -2.11. The van der Waals surface area contributed by atoms with Gasteiger partial charge in [0.1, 0.15) is 18.2 Å². The van der Waals surface area contributed by atoms with Crippen molar-refractivity contribution in [3.63, 3.8) is 0 Å². The first-order chi connectivity index (χ1) is 15.4. The maximum absolute atomic E-state index is 13.0. The van der Waals surface area contributed by atoms with Crippen molar-refractivity contribution in [3.8, 4) is 11.5 Å². The van der Waals surface area contributed by atoms with Crippen LogP contribution in [0.3, 0.4) is 0 Å². The van der Waals surface area contributed by atoms with E-state index in [0.717, 1.165) is 17.7 Å². The van der Waals surface area contributed by atoms with Crippen LogP contribution >= 0.6 is 0 Å². The molecule has 7 nitrogen and oxygen atoms in total. The second-order valence-electron chi connectivity index (χ2n) is 6.49. The number of carbonyl (C=O) groups is 2. The van der Waals surface area contributed by atoms with Crippen molar-refractivity contribution in [2.75, 3.05) is 12.4 Å². The maximum Gasteiger partial charge on any atom is 0.329 e. The third kappa shape index (κ3) is 6.36. The molecule has 0 bridgehead atoms. The highest BCUT2D eigenvalue weighted by Gasteiger charge is 2.13. The fourth-order valence-electron chi connectivity index (χ4n) is 2.56. The largest absolute Gasteiger partial charge is 0.493 e. The molecule has 9 heteroatoms. The van der Waals surface area contributed by atoms with Gasteiger partial charge < -0.3 is 14.8 Å². The van der Waals surface area contributed by atoms with Crippen LogP contribution in [0.15, 0.2) is 71.8 Å². The van der Waals surface area contributed by atoms with Gasteiger partial charge in [-0.15, -0.1) is 0 Å². The van der Waals surface area contributed by atoms with E-state index in [1.165, 1.54) is 37.6 Å². The first-order valence-corrected chi connectivity index (χ1v) is 9.40. The highest BCUT2D eigenvalue weighted by Crippen LogP contribution is 2.28. The molecule has 3 rings (SSSR count). The molecule has 164 valence electrons. The molecule has 0 saturated heterocycles. The van der Waals surface area contributed by atoms with Crippen LogP contribution in [0.25, 0.3) is 0 Å². The van der Waals surface area contributed by atoms with Gasteiger partial charge in [0.25, 0.3) is 0 Å². The molecule has 0 aliphatic rings. The minimum absolute atomic E-state index is 0.225. The molecule has 0 spiro atoms. The van der Waals surface area contributed by atoms with Crippen molar-refractivity contribution in [2.45, 2.75) is 6.61 Å². The van der Waals surface area contributed by atoms with Crippen LogP contribution in [-0.2, 0) is 16.2 Å². The number of nitrogens with zero attached hydrogens (tertiary/aromatic N) is 1. The molecule has 0 aromatic heterocycles. The van der Waals surface area contributed by atoms with Gasteiger partial charge in [-0.1, -0.05) is 12.1 Å². The first kappa shape index (κ1) is 22.4. The van der Waals surface area contributed by atoms with Gasteiger partial charge in [0.2, 0.25) is 0 Å². The Morgan fingerprint density at radius 3 is 2.22 bits per heavy atom. The fraction of sp³-hybridized carbons (Fsp3) is 0.0870. The normalized spacial score (nSPS) is 10.6. The number of hydrogen-bond donors (Lipinski definition) is 2. The van der Waals surface area contributed by atoms with Crippen molar-refractivity contribution in [1.29, 1.82) is 0 Å². The number of nitrogens with one attached hydrogen (secondary N) is 2. The molecule has 0 aliphatic heterocycles. The second-order valence-corrected chi connectivity index (χ2v) is 6.49. The zero-order chi connectivity index (χ0) is 22.9. The number of hydrogen-bond acceptors (Lipinski definition) is 5. The smallest absolute Gasteiger partial charge is 0.329 e. The summed E-state index contributed by atoms with van der Waals surface area (Å²) >= 11 is 0. The molecule has 0 saturated carbocycles. The van der Waals surface area contributed by atoms with Crippen molar-refractivity contribution < 1.29 is 27.8 Å². The van der Waals surface area contributed by atoms with Crippen molar-refractivity contribution >= 4 is 23.7 Å². The molecule has 0 heterocycles. The summed E-state index contributed by atoms with van der Waals surface area (Å²) in [5, 5.41) is 6.07. The molecular formula is C23H19F2N3O4. The Balaban J connectivity index is 1.55. The Morgan fingerprint density at radius 2 is 1.56 bits per heavy atom. The minimum Gasteiger partial charge on any atom is -0.493 e. The molecule has 0 aliphatic carbocycles. The summed E-state index contributed by atoms with van der Waals surface area (Å²) < 4.78 is 36.9. The third-order valence-electron chi connectivity index (χ3n) is 4.18. The molecule has 0 fully saturated rings. The second kappa shape index (κ2) is 10.7. The predicted molar refractivity (Wildman–Crippen MR) is 114 cm³/mol. The quantitative estimate of drug-likeness (QED) is 0.334. The van der Waals surface area contributed by atoms with Crippen LogP contribution in [0.2, 0.25) is 0 Å². The van der Waals surface area contributed by atoms with Gasteiger partial charge in [-0.2, -0.15) is 5.10 Å². The topological polar surface area (TPSA) is 89.0 Å².